The van der Waals surface area contributed by atoms with Crippen molar-refractivity contribution in [2.45, 2.75) is 91.4 Å². The largest absolute Gasteiger partial charge is 0.0654 e. The van der Waals surface area contributed by atoms with E-state index in [9.17, 15) is 0 Å². The van der Waals surface area contributed by atoms with Crippen LogP contribution in [0.5, 0.6) is 0 Å². The van der Waals surface area contributed by atoms with Crippen LogP contribution < -0.4 is 0 Å². The molecule has 0 fully saturated rings. The molecule has 0 nitrogen and oxygen atoms in total. The van der Waals surface area contributed by atoms with Gasteiger partial charge in [0.15, 0.2) is 0 Å². The van der Waals surface area contributed by atoms with E-state index in [0.29, 0.717) is 5.41 Å². The summed E-state index contributed by atoms with van der Waals surface area (Å²) in [5, 5.41) is 0. The van der Waals surface area contributed by atoms with E-state index in [4.69, 9.17) is 0 Å². The first kappa shape index (κ1) is 16.0. The molecule has 0 saturated carbocycles. The molecule has 0 aromatic carbocycles. The fourth-order valence-corrected chi connectivity index (χ4v) is 2.04. The van der Waals surface area contributed by atoms with Crippen LogP contribution in [0.2, 0.25) is 0 Å². The smallest absolute Gasteiger partial charge is 0.0328 e. The monoisotopic (exact) mass is 225 g/mol. The van der Waals surface area contributed by atoms with Gasteiger partial charge in [0.25, 0.3) is 0 Å². The quantitative estimate of drug-likeness (QED) is 0.369. The summed E-state index contributed by atoms with van der Waals surface area (Å²) in [4.78, 5) is 0. The Morgan fingerprint density at radius 1 is 0.750 bits per heavy atom. The maximum absolute atomic E-state index is 4.26. The molecule has 0 heterocycles. The average molecular weight is 225 g/mol. The van der Waals surface area contributed by atoms with Crippen LogP contribution in [0.25, 0.3) is 0 Å². The standard InChI is InChI=1S/C16H33/c1-5-7-8-9-10-11-12-13-14-15-16(3,4)6-2/h3,5-15H2,1-2,4H3. The molecule has 0 spiro atoms. The minimum atomic E-state index is 0.334. The second-order valence-electron chi connectivity index (χ2n) is 5.74. The van der Waals surface area contributed by atoms with Crippen molar-refractivity contribution < 1.29 is 0 Å². The Hall–Kier alpha value is 0. The molecule has 0 saturated heterocycles. The Morgan fingerprint density at radius 3 is 1.62 bits per heavy atom. The second kappa shape index (κ2) is 10.2. The molecule has 0 aliphatic heterocycles. The van der Waals surface area contributed by atoms with Crippen molar-refractivity contribution in [2.24, 2.45) is 5.41 Å². The Labute approximate surface area is 104 Å². The van der Waals surface area contributed by atoms with E-state index in [-0.39, 0.29) is 0 Å². The Kier molecular flexibility index (Phi) is 10.2. The van der Waals surface area contributed by atoms with Crippen molar-refractivity contribution in [2.75, 3.05) is 0 Å². The van der Waals surface area contributed by atoms with Gasteiger partial charge in [0, 0.05) is 0 Å². The first-order valence-electron chi connectivity index (χ1n) is 7.47. The molecule has 0 aliphatic carbocycles. The van der Waals surface area contributed by atoms with Crippen LogP contribution in [0.4, 0.5) is 0 Å². The number of hydrogen-bond acceptors (Lipinski definition) is 0. The first-order chi connectivity index (χ1) is 7.62. The van der Waals surface area contributed by atoms with Gasteiger partial charge in [0.2, 0.25) is 0 Å². The molecule has 16 heavy (non-hydrogen) atoms. The molecule has 97 valence electrons. The van der Waals surface area contributed by atoms with Gasteiger partial charge in [0.1, 0.15) is 0 Å². The maximum atomic E-state index is 4.26. The van der Waals surface area contributed by atoms with E-state index in [1.807, 2.05) is 0 Å². The Morgan fingerprint density at radius 2 is 1.19 bits per heavy atom. The summed E-state index contributed by atoms with van der Waals surface area (Å²) in [5.41, 5.74) is 0.334. The molecule has 0 bridgehead atoms. The van der Waals surface area contributed by atoms with E-state index in [1.165, 1.54) is 70.6 Å². The third-order valence-electron chi connectivity index (χ3n) is 3.74. The van der Waals surface area contributed by atoms with E-state index in [2.05, 4.69) is 27.7 Å². The average Bonchev–Trinajstić information content (AvgIpc) is 2.27. The molecule has 0 aliphatic rings. The predicted octanol–water partition coefficient (Wildman–Crippen LogP) is 6.16. The lowest BCUT2D eigenvalue weighted by Gasteiger charge is -2.21. The van der Waals surface area contributed by atoms with Crippen LogP contribution in [0.15, 0.2) is 0 Å². The number of rotatable bonds is 11. The van der Waals surface area contributed by atoms with Crippen LogP contribution in [0, 0.1) is 12.3 Å². The molecule has 0 rings (SSSR count). The highest BCUT2D eigenvalue weighted by Crippen LogP contribution is 2.26. The highest BCUT2D eigenvalue weighted by molar-refractivity contribution is 4.74. The molecule has 0 amide bonds. The van der Waals surface area contributed by atoms with Crippen LogP contribution in [-0.2, 0) is 0 Å². The molecular formula is C16H33. The third-order valence-corrected chi connectivity index (χ3v) is 3.74. The second-order valence-corrected chi connectivity index (χ2v) is 5.74. The minimum Gasteiger partial charge on any atom is -0.0654 e. The van der Waals surface area contributed by atoms with Crippen molar-refractivity contribution in [3.05, 3.63) is 6.92 Å². The van der Waals surface area contributed by atoms with E-state index in [1.54, 1.807) is 0 Å². The normalized spacial score (nSPS) is 12.0. The fourth-order valence-electron chi connectivity index (χ4n) is 2.04. The SMILES string of the molecule is [CH2]C(C)(CC)CCCCCCCCCCC. The van der Waals surface area contributed by atoms with E-state index < -0.39 is 0 Å². The first-order valence-corrected chi connectivity index (χ1v) is 7.47. The van der Waals surface area contributed by atoms with Crippen LogP contribution in [0.1, 0.15) is 91.4 Å². The van der Waals surface area contributed by atoms with Gasteiger partial charge in [-0.15, -0.1) is 0 Å². The molecule has 1 radical (unpaired) electrons. The molecule has 1 unspecified atom stereocenters. The highest BCUT2D eigenvalue weighted by Gasteiger charge is 2.13. The van der Waals surface area contributed by atoms with Gasteiger partial charge in [-0.25, -0.2) is 0 Å². The summed E-state index contributed by atoms with van der Waals surface area (Å²) in [7, 11) is 0. The number of unbranched alkanes of at least 4 members (excludes halogenated alkanes) is 8. The summed E-state index contributed by atoms with van der Waals surface area (Å²) < 4.78 is 0. The van der Waals surface area contributed by atoms with Gasteiger partial charge in [0.05, 0.1) is 0 Å². The van der Waals surface area contributed by atoms with Gasteiger partial charge in [-0.3, -0.25) is 0 Å². The third kappa shape index (κ3) is 10.5. The van der Waals surface area contributed by atoms with Crippen molar-refractivity contribution in [1.82, 2.24) is 0 Å². The molecule has 1 atom stereocenters. The van der Waals surface area contributed by atoms with Gasteiger partial charge in [-0.2, -0.15) is 0 Å². The van der Waals surface area contributed by atoms with E-state index >= 15 is 0 Å². The minimum absolute atomic E-state index is 0.334. The lowest BCUT2D eigenvalue weighted by atomic mass is 9.84. The zero-order valence-electron chi connectivity index (χ0n) is 12.0. The Bertz CT molecular complexity index is 135. The van der Waals surface area contributed by atoms with Crippen molar-refractivity contribution >= 4 is 0 Å². The molecule has 0 N–H and O–H groups in total. The van der Waals surface area contributed by atoms with Crippen molar-refractivity contribution in [3.8, 4) is 0 Å². The van der Waals surface area contributed by atoms with Gasteiger partial charge < -0.3 is 0 Å². The lowest BCUT2D eigenvalue weighted by Crippen LogP contribution is -2.09. The van der Waals surface area contributed by atoms with Crippen LogP contribution in [0.3, 0.4) is 0 Å². The molecular weight excluding hydrogens is 192 g/mol. The van der Waals surface area contributed by atoms with Crippen LogP contribution in [-0.4, -0.2) is 0 Å². The predicted molar refractivity (Wildman–Crippen MR) is 75.6 cm³/mol. The maximum Gasteiger partial charge on any atom is -0.0328 e. The van der Waals surface area contributed by atoms with Crippen molar-refractivity contribution in [1.29, 1.82) is 0 Å². The molecule has 0 aromatic heterocycles. The van der Waals surface area contributed by atoms with Crippen LogP contribution >= 0.6 is 0 Å². The van der Waals surface area contributed by atoms with Gasteiger partial charge >= 0.3 is 0 Å². The van der Waals surface area contributed by atoms with Gasteiger partial charge in [-0.1, -0.05) is 85.0 Å². The molecule has 0 heteroatoms. The zero-order valence-corrected chi connectivity index (χ0v) is 12.0. The highest BCUT2D eigenvalue weighted by atomic mass is 14.2. The van der Waals surface area contributed by atoms with Crippen molar-refractivity contribution in [3.63, 3.8) is 0 Å². The zero-order chi connectivity index (χ0) is 12.3. The molecule has 0 aromatic rings. The topological polar surface area (TPSA) is 0 Å². The summed E-state index contributed by atoms with van der Waals surface area (Å²) in [5.74, 6) is 0. The Balaban J connectivity index is 3.10. The van der Waals surface area contributed by atoms with Gasteiger partial charge in [-0.05, 0) is 18.8 Å². The fraction of sp³-hybridized carbons (Fsp3) is 0.938. The van der Waals surface area contributed by atoms with E-state index in [0.717, 1.165) is 0 Å². The summed E-state index contributed by atoms with van der Waals surface area (Å²) in [6.45, 7) is 11.1. The lowest BCUT2D eigenvalue weighted by molar-refractivity contribution is 0.352. The summed E-state index contributed by atoms with van der Waals surface area (Å²) in [6.07, 6.45) is 15.3. The summed E-state index contributed by atoms with van der Waals surface area (Å²) in [6, 6.07) is 0. The number of hydrogen-bond donors (Lipinski definition) is 0. The summed E-state index contributed by atoms with van der Waals surface area (Å²) >= 11 is 0.